The van der Waals surface area contributed by atoms with Crippen molar-refractivity contribution in [3.05, 3.63) is 71.7 Å². The molecular formula is C17H16FN5O. The van der Waals surface area contributed by atoms with Crippen molar-refractivity contribution in [1.82, 2.24) is 25.1 Å². The highest BCUT2D eigenvalue weighted by Gasteiger charge is 2.09. The van der Waals surface area contributed by atoms with Gasteiger partial charge in [-0.05, 0) is 43.2 Å². The first-order valence-corrected chi connectivity index (χ1v) is 7.50. The van der Waals surface area contributed by atoms with E-state index in [4.69, 9.17) is 0 Å². The third-order valence-corrected chi connectivity index (χ3v) is 3.57. The second-order valence-corrected chi connectivity index (χ2v) is 5.25. The van der Waals surface area contributed by atoms with E-state index in [0.717, 1.165) is 11.4 Å². The number of aromatic nitrogens is 4. The lowest BCUT2D eigenvalue weighted by Crippen LogP contribution is -2.26. The predicted molar refractivity (Wildman–Crippen MR) is 86.3 cm³/mol. The fraction of sp³-hybridized carbons (Fsp3) is 0.176. The molecular weight excluding hydrogens is 309 g/mol. The van der Waals surface area contributed by atoms with Crippen LogP contribution in [0.3, 0.4) is 0 Å². The van der Waals surface area contributed by atoms with Crippen LogP contribution in [0.1, 0.15) is 21.9 Å². The molecule has 7 heteroatoms. The number of aryl methyl sites for hydroxylation is 1. The lowest BCUT2D eigenvalue weighted by Gasteiger charge is -2.06. The Balaban J connectivity index is 1.57. The zero-order valence-corrected chi connectivity index (χ0v) is 13.1. The summed E-state index contributed by atoms with van der Waals surface area (Å²) in [5, 5.41) is 10.8. The van der Waals surface area contributed by atoms with E-state index >= 15 is 0 Å². The molecule has 24 heavy (non-hydrogen) atoms. The highest BCUT2D eigenvalue weighted by molar-refractivity contribution is 5.92. The summed E-state index contributed by atoms with van der Waals surface area (Å²) in [4.78, 5) is 16.2. The van der Waals surface area contributed by atoms with Crippen molar-refractivity contribution in [3.63, 3.8) is 0 Å². The Kier molecular flexibility index (Phi) is 4.60. The van der Waals surface area contributed by atoms with Gasteiger partial charge in [-0.3, -0.25) is 9.36 Å². The maximum Gasteiger partial charge on any atom is 0.271 e. The third kappa shape index (κ3) is 3.62. The van der Waals surface area contributed by atoms with Crippen LogP contribution >= 0.6 is 0 Å². The molecule has 0 saturated heterocycles. The summed E-state index contributed by atoms with van der Waals surface area (Å²) >= 11 is 0. The van der Waals surface area contributed by atoms with Gasteiger partial charge in [-0.2, -0.15) is 0 Å². The van der Waals surface area contributed by atoms with Crippen molar-refractivity contribution in [2.45, 2.75) is 13.3 Å². The van der Waals surface area contributed by atoms with Crippen molar-refractivity contribution >= 4 is 5.91 Å². The maximum absolute atomic E-state index is 12.8. The van der Waals surface area contributed by atoms with Crippen molar-refractivity contribution in [2.24, 2.45) is 0 Å². The fourth-order valence-electron chi connectivity index (χ4n) is 2.26. The lowest BCUT2D eigenvalue weighted by molar-refractivity contribution is 0.0948. The van der Waals surface area contributed by atoms with Crippen LogP contribution in [0.4, 0.5) is 4.39 Å². The van der Waals surface area contributed by atoms with E-state index < -0.39 is 0 Å². The summed E-state index contributed by atoms with van der Waals surface area (Å²) in [7, 11) is 0. The molecule has 0 spiro atoms. The molecule has 0 aliphatic rings. The minimum Gasteiger partial charge on any atom is -0.350 e. The minimum atomic E-state index is -0.293. The van der Waals surface area contributed by atoms with Gasteiger partial charge in [0.2, 0.25) is 0 Å². The predicted octanol–water partition coefficient (Wildman–Crippen LogP) is 2.08. The number of benzene rings is 1. The topological polar surface area (TPSA) is 72.7 Å². The third-order valence-electron chi connectivity index (χ3n) is 3.57. The molecule has 1 aromatic carbocycles. The van der Waals surface area contributed by atoms with Crippen LogP contribution in [0, 0.1) is 12.7 Å². The number of hydrogen-bond acceptors (Lipinski definition) is 4. The van der Waals surface area contributed by atoms with E-state index in [-0.39, 0.29) is 17.4 Å². The maximum atomic E-state index is 12.8. The van der Waals surface area contributed by atoms with Crippen LogP contribution < -0.4 is 5.32 Å². The van der Waals surface area contributed by atoms with Gasteiger partial charge in [0.05, 0.1) is 0 Å². The molecule has 1 N–H and O–H groups in total. The highest BCUT2D eigenvalue weighted by Crippen LogP contribution is 2.07. The molecule has 3 aromatic rings. The number of rotatable bonds is 5. The van der Waals surface area contributed by atoms with Crippen LogP contribution in [0.15, 0.2) is 48.8 Å². The molecule has 0 saturated carbocycles. The molecule has 0 bridgehead atoms. The van der Waals surface area contributed by atoms with Crippen LogP contribution in [0.2, 0.25) is 0 Å². The Bertz CT molecular complexity index is 827. The van der Waals surface area contributed by atoms with Gasteiger partial charge in [-0.1, -0.05) is 12.1 Å². The van der Waals surface area contributed by atoms with Crippen molar-refractivity contribution < 1.29 is 9.18 Å². The summed E-state index contributed by atoms with van der Waals surface area (Å²) in [5.74, 6) is 0.832. The summed E-state index contributed by atoms with van der Waals surface area (Å²) in [6.45, 7) is 2.30. The molecule has 3 rings (SSSR count). The van der Waals surface area contributed by atoms with Gasteiger partial charge in [0.25, 0.3) is 5.91 Å². The molecule has 0 atom stereocenters. The van der Waals surface area contributed by atoms with Crippen LogP contribution in [-0.4, -0.2) is 32.2 Å². The molecule has 122 valence electrons. The number of imidazole rings is 1. The molecule has 1 amide bonds. The van der Waals surface area contributed by atoms with Gasteiger partial charge < -0.3 is 5.32 Å². The van der Waals surface area contributed by atoms with Gasteiger partial charge in [0, 0.05) is 18.9 Å². The number of halogens is 1. The van der Waals surface area contributed by atoms with Crippen molar-refractivity contribution in [1.29, 1.82) is 0 Å². The number of nitrogens with one attached hydrogen (secondary N) is 1. The van der Waals surface area contributed by atoms with Gasteiger partial charge >= 0.3 is 0 Å². The fourth-order valence-corrected chi connectivity index (χ4v) is 2.26. The Labute approximate surface area is 138 Å². The second kappa shape index (κ2) is 6.99. The van der Waals surface area contributed by atoms with E-state index in [1.54, 1.807) is 41.2 Å². The number of carbonyl (C=O) groups excluding carboxylic acids is 1. The summed E-state index contributed by atoms with van der Waals surface area (Å²) in [6, 6.07) is 9.54. The first kappa shape index (κ1) is 15.8. The Morgan fingerprint density at radius 2 is 1.96 bits per heavy atom. The standard InChI is InChI=1S/C17H16FN5O/c1-12-19-10-11-23(12)16-7-6-15(21-22-16)17(24)20-9-8-13-2-4-14(18)5-3-13/h2-7,10-11H,8-9H2,1H3,(H,20,24). The second-order valence-electron chi connectivity index (χ2n) is 5.25. The molecule has 2 heterocycles. The molecule has 2 aromatic heterocycles. The average Bonchev–Trinajstić information content (AvgIpc) is 3.03. The zero-order chi connectivity index (χ0) is 16.9. The zero-order valence-electron chi connectivity index (χ0n) is 13.1. The summed E-state index contributed by atoms with van der Waals surface area (Å²) in [5.41, 5.74) is 1.20. The number of hydrogen-bond donors (Lipinski definition) is 1. The smallest absolute Gasteiger partial charge is 0.271 e. The van der Waals surface area contributed by atoms with Crippen LogP contribution in [0.25, 0.3) is 5.82 Å². The average molecular weight is 325 g/mol. The van der Waals surface area contributed by atoms with E-state index in [1.165, 1.54) is 12.1 Å². The summed E-state index contributed by atoms with van der Waals surface area (Å²) in [6.07, 6.45) is 4.07. The van der Waals surface area contributed by atoms with E-state index in [0.29, 0.717) is 18.8 Å². The first-order chi connectivity index (χ1) is 11.6. The monoisotopic (exact) mass is 325 g/mol. The van der Waals surface area contributed by atoms with Gasteiger partial charge in [-0.15, -0.1) is 10.2 Å². The molecule has 0 fully saturated rings. The van der Waals surface area contributed by atoms with Crippen molar-refractivity contribution in [2.75, 3.05) is 6.54 Å². The van der Waals surface area contributed by atoms with Gasteiger partial charge in [-0.25, -0.2) is 9.37 Å². The Morgan fingerprint density at radius 1 is 1.17 bits per heavy atom. The molecule has 0 aliphatic heterocycles. The van der Waals surface area contributed by atoms with E-state index in [9.17, 15) is 9.18 Å². The molecule has 6 nitrogen and oxygen atoms in total. The first-order valence-electron chi connectivity index (χ1n) is 7.50. The Morgan fingerprint density at radius 3 is 2.58 bits per heavy atom. The van der Waals surface area contributed by atoms with E-state index in [1.807, 2.05) is 6.92 Å². The van der Waals surface area contributed by atoms with Gasteiger partial charge in [0.1, 0.15) is 11.6 Å². The minimum absolute atomic E-state index is 0.246. The number of nitrogens with zero attached hydrogens (tertiary/aromatic N) is 4. The lowest BCUT2D eigenvalue weighted by atomic mass is 10.1. The number of carbonyl (C=O) groups is 1. The summed E-state index contributed by atoms with van der Waals surface area (Å²) < 4.78 is 14.6. The van der Waals surface area contributed by atoms with Gasteiger partial charge in [0.15, 0.2) is 11.5 Å². The van der Waals surface area contributed by atoms with E-state index in [2.05, 4.69) is 20.5 Å². The highest BCUT2D eigenvalue weighted by atomic mass is 19.1. The molecule has 0 unspecified atom stereocenters. The quantitative estimate of drug-likeness (QED) is 0.779. The van der Waals surface area contributed by atoms with Crippen LogP contribution in [-0.2, 0) is 6.42 Å². The van der Waals surface area contributed by atoms with Crippen molar-refractivity contribution in [3.8, 4) is 5.82 Å². The normalized spacial score (nSPS) is 10.6. The molecule has 0 radical (unpaired) electrons. The Hall–Kier alpha value is -3.09. The number of amides is 1. The molecule has 0 aliphatic carbocycles. The largest absolute Gasteiger partial charge is 0.350 e. The van der Waals surface area contributed by atoms with Crippen LogP contribution in [0.5, 0.6) is 0 Å². The SMILES string of the molecule is Cc1nccn1-c1ccc(C(=O)NCCc2ccc(F)cc2)nn1.